The van der Waals surface area contributed by atoms with E-state index in [0.29, 0.717) is 14.9 Å². The number of carbonyl (C=O) groups is 2. The van der Waals surface area contributed by atoms with Gasteiger partial charge >= 0.3 is 5.97 Å². The third-order valence-corrected chi connectivity index (χ3v) is 5.11. The molecule has 0 aliphatic carbocycles. The molecule has 2 aromatic carbocycles. The predicted octanol–water partition coefficient (Wildman–Crippen LogP) is 4.55. The van der Waals surface area contributed by atoms with Crippen LogP contribution in [0.25, 0.3) is 6.08 Å². The van der Waals surface area contributed by atoms with Crippen molar-refractivity contribution in [3.63, 3.8) is 0 Å². The van der Waals surface area contributed by atoms with E-state index in [1.54, 1.807) is 18.2 Å². The number of halogens is 1. The molecule has 120 valence electrons. The van der Waals surface area contributed by atoms with Crippen LogP contribution in [0.1, 0.15) is 15.9 Å². The van der Waals surface area contributed by atoms with Gasteiger partial charge in [0, 0.05) is 4.47 Å². The Morgan fingerprint density at radius 2 is 1.92 bits per heavy atom. The fourth-order valence-electron chi connectivity index (χ4n) is 2.18. The van der Waals surface area contributed by atoms with Crippen LogP contribution < -0.4 is 4.90 Å². The first-order chi connectivity index (χ1) is 11.5. The molecule has 1 amide bonds. The lowest BCUT2D eigenvalue weighted by atomic mass is 10.1. The van der Waals surface area contributed by atoms with Crippen LogP contribution in [0.3, 0.4) is 0 Å². The molecule has 1 heterocycles. The van der Waals surface area contributed by atoms with Gasteiger partial charge in [0.15, 0.2) is 4.32 Å². The Bertz CT molecular complexity index is 878. The van der Waals surface area contributed by atoms with E-state index in [9.17, 15) is 9.59 Å². The highest BCUT2D eigenvalue weighted by Crippen LogP contribution is 2.36. The van der Waals surface area contributed by atoms with Crippen molar-refractivity contribution < 1.29 is 14.7 Å². The summed E-state index contributed by atoms with van der Waals surface area (Å²) in [4.78, 5) is 25.5. The molecule has 0 spiro atoms. The van der Waals surface area contributed by atoms with Gasteiger partial charge in [-0.05, 0) is 42.0 Å². The van der Waals surface area contributed by atoms with Gasteiger partial charge in [0.2, 0.25) is 0 Å². The van der Waals surface area contributed by atoms with E-state index in [-0.39, 0.29) is 11.5 Å². The van der Waals surface area contributed by atoms with Gasteiger partial charge in [-0.2, -0.15) is 0 Å². The maximum atomic E-state index is 12.6. The highest BCUT2D eigenvalue weighted by Gasteiger charge is 2.33. The number of carboxylic acid groups (broad SMARTS) is 1. The van der Waals surface area contributed by atoms with Gasteiger partial charge in [-0.25, -0.2) is 4.79 Å². The summed E-state index contributed by atoms with van der Waals surface area (Å²) in [5.41, 5.74) is 1.65. The highest BCUT2D eigenvalue weighted by atomic mass is 79.9. The second-order valence-corrected chi connectivity index (χ2v) is 7.52. The summed E-state index contributed by atoms with van der Waals surface area (Å²) in [5.74, 6) is -1.17. The maximum Gasteiger partial charge on any atom is 0.335 e. The second kappa shape index (κ2) is 6.88. The molecular formula is C17H10BrNO3S2. The number of hydrogen-bond donors (Lipinski definition) is 1. The van der Waals surface area contributed by atoms with Crippen molar-refractivity contribution in [2.45, 2.75) is 0 Å². The SMILES string of the molecule is O=C(O)c1ccc(C=C2SC(=S)N(c3cccc(Br)c3)C2=O)cc1. The zero-order valence-corrected chi connectivity index (χ0v) is 15.3. The van der Waals surface area contributed by atoms with E-state index >= 15 is 0 Å². The molecule has 1 aliphatic rings. The summed E-state index contributed by atoms with van der Waals surface area (Å²) in [6.07, 6.45) is 1.71. The molecule has 2 aromatic rings. The zero-order chi connectivity index (χ0) is 17.3. The van der Waals surface area contributed by atoms with Gasteiger partial charge in [0.1, 0.15) is 0 Å². The summed E-state index contributed by atoms with van der Waals surface area (Å²) < 4.78 is 1.33. The number of hydrogen-bond acceptors (Lipinski definition) is 4. The number of rotatable bonds is 3. The van der Waals surface area contributed by atoms with Crippen LogP contribution in [0.4, 0.5) is 5.69 Å². The molecule has 1 N–H and O–H groups in total. The van der Waals surface area contributed by atoms with E-state index in [0.717, 1.165) is 10.0 Å². The number of nitrogens with zero attached hydrogens (tertiary/aromatic N) is 1. The molecule has 1 aliphatic heterocycles. The van der Waals surface area contributed by atoms with Crippen LogP contribution in [0.5, 0.6) is 0 Å². The lowest BCUT2D eigenvalue weighted by molar-refractivity contribution is -0.113. The van der Waals surface area contributed by atoms with Gasteiger partial charge < -0.3 is 5.11 Å². The molecule has 4 nitrogen and oxygen atoms in total. The fourth-order valence-corrected chi connectivity index (χ4v) is 3.86. The van der Waals surface area contributed by atoms with Gasteiger partial charge in [0.05, 0.1) is 16.2 Å². The van der Waals surface area contributed by atoms with E-state index in [1.807, 2.05) is 24.3 Å². The van der Waals surface area contributed by atoms with Crippen LogP contribution in [0, 0.1) is 0 Å². The van der Waals surface area contributed by atoms with Gasteiger partial charge in [0.25, 0.3) is 5.91 Å². The topological polar surface area (TPSA) is 57.6 Å². The van der Waals surface area contributed by atoms with Crippen molar-refractivity contribution in [1.82, 2.24) is 0 Å². The number of anilines is 1. The van der Waals surface area contributed by atoms with Crippen LogP contribution in [-0.4, -0.2) is 21.3 Å². The number of benzene rings is 2. The molecular weight excluding hydrogens is 410 g/mol. The average molecular weight is 420 g/mol. The molecule has 1 fully saturated rings. The summed E-state index contributed by atoms with van der Waals surface area (Å²) in [5, 5.41) is 8.92. The Morgan fingerprint density at radius 3 is 2.54 bits per heavy atom. The predicted molar refractivity (Wildman–Crippen MR) is 103 cm³/mol. The number of amides is 1. The molecule has 0 unspecified atom stereocenters. The number of thioether (sulfide) groups is 1. The quantitative estimate of drug-likeness (QED) is 0.583. The van der Waals surface area contributed by atoms with Crippen molar-refractivity contribution in [1.29, 1.82) is 0 Å². The third-order valence-electron chi connectivity index (χ3n) is 3.32. The minimum atomic E-state index is -0.984. The number of aromatic carboxylic acids is 1. The Hall–Kier alpha value is -1.96. The standard InChI is InChI=1S/C17H10BrNO3S2/c18-12-2-1-3-13(9-12)19-15(20)14(24-17(19)23)8-10-4-6-11(7-5-10)16(21)22/h1-9H,(H,21,22). The molecule has 24 heavy (non-hydrogen) atoms. The van der Waals surface area contributed by atoms with Crippen LogP contribution >= 0.6 is 39.9 Å². The average Bonchev–Trinajstić information content (AvgIpc) is 2.82. The molecule has 0 aromatic heterocycles. The van der Waals surface area contributed by atoms with Gasteiger partial charge in [-0.1, -0.05) is 58.1 Å². The highest BCUT2D eigenvalue weighted by molar-refractivity contribution is 9.10. The van der Waals surface area contributed by atoms with Crippen LogP contribution in [-0.2, 0) is 4.79 Å². The number of carboxylic acids is 1. The maximum absolute atomic E-state index is 12.6. The van der Waals surface area contributed by atoms with Crippen molar-refractivity contribution >= 4 is 67.9 Å². The second-order valence-electron chi connectivity index (χ2n) is 4.92. The van der Waals surface area contributed by atoms with E-state index in [1.165, 1.54) is 28.8 Å². The van der Waals surface area contributed by atoms with Crippen molar-refractivity contribution in [3.8, 4) is 0 Å². The van der Waals surface area contributed by atoms with Gasteiger partial charge in [-0.15, -0.1) is 0 Å². The zero-order valence-electron chi connectivity index (χ0n) is 12.1. The Labute approximate surface area is 156 Å². The number of carbonyl (C=O) groups excluding carboxylic acids is 1. The molecule has 1 saturated heterocycles. The lowest BCUT2D eigenvalue weighted by Gasteiger charge is -2.14. The normalized spacial score (nSPS) is 16.0. The van der Waals surface area contributed by atoms with Gasteiger partial charge in [-0.3, -0.25) is 9.69 Å². The summed E-state index contributed by atoms with van der Waals surface area (Å²) in [6.45, 7) is 0. The lowest BCUT2D eigenvalue weighted by Crippen LogP contribution is -2.27. The van der Waals surface area contributed by atoms with Crippen molar-refractivity contribution in [3.05, 3.63) is 69.0 Å². The monoisotopic (exact) mass is 419 g/mol. The molecule has 0 saturated carbocycles. The summed E-state index contributed by atoms with van der Waals surface area (Å²) >= 11 is 9.94. The molecule has 3 rings (SSSR count). The van der Waals surface area contributed by atoms with E-state index in [2.05, 4.69) is 15.9 Å². The smallest absolute Gasteiger partial charge is 0.335 e. The first kappa shape index (κ1) is 16.9. The summed E-state index contributed by atoms with van der Waals surface area (Å²) in [7, 11) is 0. The largest absolute Gasteiger partial charge is 0.478 e. The fraction of sp³-hybridized carbons (Fsp3) is 0. The molecule has 0 atom stereocenters. The molecule has 7 heteroatoms. The Morgan fingerprint density at radius 1 is 1.21 bits per heavy atom. The molecule has 0 radical (unpaired) electrons. The van der Waals surface area contributed by atoms with Crippen molar-refractivity contribution in [2.24, 2.45) is 0 Å². The Balaban J connectivity index is 1.89. The summed E-state index contributed by atoms with van der Waals surface area (Å²) in [6, 6.07) is 13.7. The van der Waals surface area contributed by atoms with E-state index < -0.39 is 5.97 Å². The van der Waals surface area contributed by atoms with E-state index in [4.69, 9.17) is 17.3 Å². The first-order valence-electron chi connectivity index (χ1n) is 6.82. The van der Waals surface area contributed by atoms with Crippen LogP contribution in [0.15, 0.2) is 57.9 Å². The minimum absolute atomic E-state index is 0.189. The van der Waals surface area contributed by atoms with Crippen LogP contribution in [0.2, 0.25) is 0 Å². The third kappa shape index (κ3) is 3.43. The minimum Gasteiger partial charge on any atom is -0.478 e. The molecule has 0 bridgehead atoms. The Kier molecular flexibility index (Phi) is 4.84. The number of thiocarbonyl (C=S) groups is 1. The van der Waals surface area contributed by atoms with Crippen molar-refractivity contribution in [2.75, 3.05) is 4.90 Å². The first-order valence-corrected chi connectivity index (χ1v) is 8.84.